The zero-order chi connectivity index (χ0) is 13.4. The summed E-state index contributed by atoms with van der Waals surface area (Å²) in [7, 11) is 2.01. The minimum Gasteiger partial charge on any atom is -0.377 e. The SMILES string of the molecule is Cc1cc(NC2CCCc3c2cnn3C)cnc1Cl. The predicted molar refractivity (Wildman–Crippen MR) is 76.5 cm³/mol. The van der Waals surface area contributed by atoms with Crippen molar-refractivity contribution in [3.63, 3.8) is 0 Å². The number of nitrogens with zero attached hydrogens (tertiary/aromatic N) is 3. The first kappa shape index (κ1) is 12.5. The zero-order valence-corrected chi connectivity index (χ0v) is 11.9. The van der Waals surface area contributed by atoms with E-state index in [0.29, 0.717) is 11.2 Å². The minimum absolute atomic E-state index is 0.319. The fraction of sp³-hybridized carbons (Fsp3) is 0.429. The zero-order valence-electron chi connectivity index (χ0n) is 11.2. The maximum absolute atomic E-state index is 5.96. The smallest absolute Gasteiger partial charge is 0.132 e. The van der Waals surface area contributed by atoms with E-state index in [2.05, 4.69) is 15.4 Å². The number of aromatic nitrogens is 3. The van der Waals surface area contributed by atoms with Gasteiger partial charge < -0.3 is 5.32 Å². The van der Waals surface area contributed by atoms with E-state index in [9.17, 15) is 0 Å². The second-order valence-electron chi connectivity index (χ2n) is 5.09. The average molecular weight is 277 g/mol. The largest absolute Gasteiger partial charge is 0.377 e. The lowest BCUT2D eigenvalue weighted by Gasteiger charge is -2.24. The van der Waals surface area contributed by atoms with Crippen molar-refractivity contribution in [2.45, 2.75) is 32.2 Å². The van der Waals surface area contributed by atoms with E-state index >= 15 is 0 Å². The highest BCUT2D eigenvalue weighted by Crippen LogP contribution is 2.32. The van der Waals surface area contributed by atoms with Crippen LogP contribution in [0.3, 0.4) is 0 Å². The van der Waals surface area contributed by atoms with Gasteiger partial charge in [0, 0.05) is 18.3 Å². The summed E-state index contributed by atoms with van der Waals surface area (Å²) in [5.74, 6) is 0. The van der Waals surface area contributed by atoms with Crippen molar-refractivity contribution >= 4 is 17.3 Å². The molecule has 0 aromatic carbocycles. The molecule has 1 atom stereocenters. The predicted octanol–water partition coefficient (Wildman–Crippen LogP) is 3.27. The average Bonchev–Trinajstić information content (AvgIpc) is 2.77. The van der Waals surface area contributed by atoms with Gasteiger partial charge in [-0.3, -0.25) is 4.68 Å². The van der Waals surface area contributed by atoms with Crippen LogP contribution in [0.15, 0.2) is 18.5 Å². The Morgan fingerprint density at radius 3 is 3.05 bits per heavy atom. The van der Waals surface area contributed by atoms with Crippen LogP contribution in [0.5, 0.6) is 0 Å². The molecule has 1 N–H and O–H groups in total. The Morgan fingerprint density at radius 2 is 2.26 bits per heavy atom. The van der Waals surface area contributed by atoms with Gasteiger partial charge in [-0.05, 0) is 37.8 Å². The maximum Gasteiger partial charge on any atom is 0.132 e. The van der Waals surface area contributed by atoms with Crippen LogP contribution in [0.4, 0.5) is 5.69 Å². The molecule has 0 radical (unpaired) electrons. The van der Waals surface area contributed by atoms with Crippen LogP contribution in [0.25, 0.3) is 0 Å². The van der Waals surface area contributed by atoms with Gasteiger partial charge in [-0.15, -0.1) is 0 Å². The number of rotatable bonds is 2. The van der Waals surface area contributed by atoms with Gasteiger partial charge in [-0.1, -0.05) is 11.6 Å². The van der Waals surface area contributed by atoms with Gasteiger partial charge in [0.1, 0.15) is 5.15 Å². The second kappa shape index (κ2) is 4.85. The first-order valence-electron chi connectivity index (χ1n) is 6.54. The Balaban J connectivity index is 1.86. The summed E-state index contributed by atoms with van der Waals surface area (Å²) >= 11 is 5.96. The molecule has 100 valence electrons. The van der Waals surface area contributed by atoms with Crippen molar-refractivity contribution in [2.24, 2.45) is 7.05 Å². The Kier molecular flexibility index (Phi) is 3.19. The lowest BCUT2D eigenvalue weighted by atomic mass is 9.93. The summed E-state index contributed by atoms with van der Waals surface area (Å²) in [6.07, 6.45) is 7.19. The van der Waals surface area contributed by atoms with Crippen LogP contribution in [-0.2, 0) is 13.5 Å². The fourth-order valence-corrected chi connectivity index (χ4v) is 2.80. The van der Waals surface area contributed by atoms with E-state index in [1.807, 2.05) is 30.9 Å². The van der Waals surface area contributed by atoms with E-state index in [0.717, 1.165) is 24.1 Å². The van der Waals surface area contributed by atoms with Gasteiger partial charge in [0.15, 0.2) is 0 Å². The normalized spacial score (nSPS) is 18.2. The third-order valence-corrected chi connectivity index (χ3v) is 4.13. The highest BCUT2D eigenvalue weighted by Gasteiger charge is 2.23. The van der Waals surface area contributed by atoms with Crippen molar-refractivity contribution in [2.75, 3.05) is 5.32 Å². The Morgan fingerprint density at radius 1 is 1.42 bits per heavy atom. The molecule has 0 fully saturated rings. The fourth-order valence-electron chi connectivity index (χ4n) is 2.69. The molecule has 0 saturated carbocycles. The molecule has 0 saturated heterocycles. The summed E-state index contributed by atoms with van der Waals surface area (Å²) < 4.78 is 1.98. The molecule has 19 heavy (non-hydrogen) atoms. The number of nitrogens with one attached hydrogen (secondary N) is 1. The quantitative estimate of drug-likeness (QED) is 0.856. The first-order valence-corrected chi connectivity index (χ1v) is 6.92. The van der Waals surface area contributed by atoms with Gasteiger partial charge in [-0.25, -0.2) is 4.98 Å². The highest BCUT2D eigenvalue weighted by molar-refractivity contribution is 6.30. The van der Waals surface area contributed by atoms with Crippen molar-refractivity contribution < 1.29 is 0 Å². The van der Waals surface area contributed by atoms with E-state index in [4.69, 9.17) is 11.6 Å². The number of hydrogen-bond donors (Lipinski definition) is 1. The van der Waals surface area contributed by atoms with Crippen molar-refractivity contribution in [3.8, 4) is 0 Å². The minimum atomic E-state index is 0.319. The molecule has 1 aliphatic rings. The third kappa shape index (κ3) is 2.32. The van der Waals surface area contributed by atoms with Crippen LogP contribution < -0.4 is 5.32 Å². The molecule has 2 aromatic rings. The maximum atomic E-state index is 5.96. The highest BCUT2D eigenvalue weighted by atomic mass is 35.5. The van der Waals surface area contributed by atoms with Gasteiger partial charge >= 0.3 is 0 Å². The topological polar surface area (TPSA) is 42.7 Å². The third-order valence-electron chi connectivity index (χ3n) is 3.73. The van der Waals surface area contributed by atoms with E-state index in [1.54, 1.807) is 6.20 Å². The first-order chi connectivity index (χ1) is 9.15. The molecule has 0 amide bonds. The van der Waals surface area contributed by atoms with Gasteiger partial charge in [0.05, 0.1) is 24.1 Å². The Hall–Kier alpha value is -1.55. The molecule has 1 aliphatic carbocycles. The number of pyridine rings is 1. The summed E-state index contributed by atoms with van der Waals surface area (Å²) in [5, 5.41) is 8.47. The Labute approximate surface area is 117 Å². The van der Waals surface area contributed by atoms with Crippen LogP contribution in [-0.4, -0.2) is 14.8 Å². The van der Waals surface area contributed by atoms with Crippen LogP contribution in [0.1, 0.15) is 35.7 Å². The molecule has 2 heterocycles. The standard InChI is InChI=1S/C14H17ClN4/c1-9-6-10(7-16-14(9)15)18-12-4-3-5-13-11(12)8-17-19(13)2/h6-8,12,18H,3-5H2,1-2H3. The van der Waals surface area contributed by atoms with Gasteiger partial charge in [0.2, 0.25) is 0 Å². The summed E-state index contributed by atoms with van der Waals surface area (Å²) in [6.45, 7) is 1.97. The number of halogens is 1. The second-order valence-corrected chi connectivity index (χ2v) is 5.45. The molecular formula is C14H17ClN4. The molecule has 0 spiro atoms. The molecule has 3 rings (SSSR count). The van der Waals surface area contributed by atoms with Crippen LogP contribution in [0.2, 0.25) is 5.15 Å². The Bertz CT molecular complexity index is 605. The van der Waals surface area contributed by atoms with Crippen molar-refractivity contribution in [3.05, 3.63) is 40.4 Å². The van der Waals surface area contributed by atoms with E-state index in [-0.39, 0.29) is 0 Å². The summed E-state index contributed by atoms with van der Waals surface area (Å²) in [4.78, 5) is 4.19. The molecule has 1 unspecified atom stereocenters. The van der Waals surface area contributed by atoms with Gasteiger partial charge in [-0.2, -0.15) is 5.10 Å². The van der Waals surface area contributed by atoms with Crippen LogP contribution in [0, 0.1) is 6.92 Å². The molecule has 0 bridgehead atoms. The summed E-state index contributed by atoms with van der Waals surface area (Å²) in [5.41, 5.74) is 4.65. The van der Waals surface area contributed by atoms with E-state index in [1.165, 1.54) is 17.7 Å². The number of aryl methyl sites for hydroxylation is 2. The molecular weight excluding hydrogens is 260 g/mol. The van der Waals surface area contributed by atoms with Gasteiger partial charge in [0.25, 0.3) is 0 Å². The number of anilines is 1. The monoisotopic (exact) mass is 276 g/mol. The van der Waals surface area contributed by atoms with Crippen LogP contribution >= 0.6 is 11.6 Å². The molecule has 4 nitrogen and oxygen atoms in total. The van der Waals surface area contributed by atoms with E-state index < -0.39 is 0 Å². The lowest BCUT2D eigenvalue weighted by Crippen LogP contribution is -2.17. The van der Waals surface area contributed by atoms with Crippen molar-refractivity contribution in [1.29, 1.82) is 0 Å². The number of hydrogen-bond acceptors (Lipinski definition) is 3. The number of fused-ring (bicyclic) bond motifs is 1. The molecule has 5 heteroatoms. The molecule has 2 aromatic heterocycles. The molecule has 0 aliphatic heterocycles. The lowest BCUT2D eigenvalue weighted by molar-refractivity contribution is 0.571. The summed E-state index contributed by atoms with van der Waals surface area (Å²) in [6, 6.07) is 2.36. The van der Waals surface area contributed by atoms with Crippen molar-refractivity contribution in [1.82, 2.24) is 14.8 Å².